The Balaban J connectivity index is 1.57. The van der Waals surface area contributed by atoms with Crippen LogP contribution in [0.15, 0.2) is 36.9 Å². The van der Waals surface area contributed by atoms with Crippen LogP contribution in [0.4, 0.5) is 19.0 Å². The fraction of sp³-hybridized carbons (Fsp3) is 0.389. The van der Waals surface area contributed by atoms with Crippen molar-refractivity contribution in [3.05, 3.63) is 48.0 Å². The highest BCUT2D eigenvalue weighted by molar-refractivity contribution is 5.82. The summed E-state index contributed by atoms with van der Waals surface area (Å²) in [5, 5.41) is 32.4. The van der Waals surface area contributed by atoms with Gasteiger partial charge in [-0.1, -0.05) is 12.1 Å². The van der Waals surface area contributed by atoms with Crippen molar-refractivity contribution in [2.24, 2.45) is 0 Å². The molecule has 1 aromatic carbocycles. The third-order valence-corrected chi connectivity index (χ3v) is 4.86. The van der Waals surface area contributed by atoms with Crippen LogP contribution in [0.25, 0.3) is 11.2 Å². The third-order valence-electron chi connectivity index (χ3n) is 4.86. The van der Waals surface area contributed by atoms with Gasteiger partial charge in [0, 0.05) is 6.54 Å². The summed E-state index contributed by atoms with van der Waals surface area (Å²) in [6.07, 6.45) is -6.42. The maximum absolute atomic E-state index is 12.9. The van der Waals surface area contributed by atoms with Crippen molar-refractivity contribution in [2.75, 3.05) is 11.9 Å². The van der Waals surface area contributed by atoms with Crippen molar-refractivity contribution in [1.82, 2.24) is 19.5 Å². The average Bonchev–Trinajstić information content (AvgIpc) is 3.27. The van der Waals surface area contributed by atoms with Crippen molar-refractivity contribution in [3.8, 4) is 0 Å². The molecule has 0 radical (unpaired) electrons. The largest absolute Gasteiger partial charge is 0.416 e. The van der Waals surface area contributed by atoms with Gasteiger partial charge in [-0.2, -0.15) is 13.2 Å². The molecule has 0 spiro atoms. The zero-order valence-corrected chi connectivity index (χ0v) is 15.4. The number of imidazole rings is 1. The normalized spacial score (nSPS) is 24.5. The lowest BCUT2D eigenvalue weighted by Gasteiger charge is -2.16. The van der Waals surface area contributed by atoms with Gasteiger partial charge >= 0.3 is 6.18 Å². The number of ether oxygens (including phenoxy) is 1. The van der Waals surface area contributed by atoms with Crippen molar-refractivity contribution >= 4 is 17.0 Å². The lowest BCUT2D eigenvalue weighted by atomic mass is 10.1. The van der Waals surface area contributed by atoms with Gasteiger partial charge in [0.25, 0.3) is 0 Å². The molecule has 0 amide bonds. The second-order valence-corrected chi connectivity index (χ2v) is 6.83. The predicted molar refractivity (Wildman–Crippen MR) is 97.1 cm³/mol. The zero-order chi connectivity index (χ0) is 21.5. The van der Waals surface area contributed by atoms with Gasteiger partial charge in [-0.15, -0.1) is 0 Å². The van der Waals surface area contributed by atoms with E-state index in [9.17, 15) is 28.5 Å². The maximum Gasteiger partial charge on any atom is 0.416 e. The van der Waals surface area contributed by atoms with Crippen LogP contribution < -0.4 is 5.32 Å². The topological polar surface area (TPSA) is 126 Å². The number of nitrogens with one attached hydrogen (secondary N) is 1. The monoisotopic (exact) mass is 425 g/mol. The van der Waals surface area contributed by atoms with E-state index in [1.54, 1.807) is 6.07 Å². The molecular formula is C18H18F3N5O4. The Morgan fingerprint density at radius 3 is 2.63 bits per heavy atom. The highest BCUT2D eigenvalue weighted by Gasteiger charge is 2.44. The quantitative estimate of drug-likeness (QED) is 0.478. The van der Waals surface area contributed by atoms with E-state index in [0.717, 1.165) is 12.1 Å². The molecule has 160 valence electrons. The van der Waals surface area contributed by atoms with Gasteiger partial charge in [0.2, 0.25) is 0 Å². The van der Waals surface area contributed by atoms with Gasteiger partial charge < -0.3 is 25.4 Å². The molecule has 1 aliphatic heterocycles. The summed E-state index contributed by atoms with van der Waals surface area (Å²) >= 11 is 0. The lowest BCUT2D eigenvalue weighted by Crippen LogP contribution is -2.33. The molecule has 0 saturated carbocycles. The number of benzene rings is 1. The number of halogens is 3. The number of rotatable bonds is 5. The minimum atomic E-state index is -4.43. The second kappa shape index (κ2) is 7.80. The van der Waals surface area contributed by atoms with Crippen LogP contribution in [0.3, 0.4) is 0 Å². The minimum Gasteiger partial charge on any atom is -0.394 e. The number of anilines is 1. The molecule has 12 heteroatoms. The number of aromatic nitrogens is 4. The number of aliphatic hydroxyl groups is 3. The number of hydrogen-bond donors (Lipinski definition) is 4. The molecule has 4 atom stereocenters. The van der Waals surface area contributed by atoms with Crippen molar-refractivity contribution in [3.63, 3.8) is 0 Å². The van der Waals surface area contributed by atoms with Crippen LogP contribution in [0, 0.1) is 0 Å². The van der Waals surface area contributed by atoms with Gasteiger partial charge in [-0.25, -0.2) is 15.0 Å². The van der Waals surface area contributed by atoms with Crippen LogP contribution in [-0.4, -0.2) is 59.8 Å². The first-order valence-electron chi connectivity index (χ1n) is 8.99. The zero-order valence-electron chi connectivity index (χ0n) is 15.4. The number of alkyl halides is 3. The van der Waals surface area contributed by atoms with Gasteiger partial charge in [0.05, 0.1) is 18.5 Å². The molecule has 4 rings (SSSR count). The number of nitrogens with zero attached hydrogens (tertiary/aromatic N) is 4. The summed E-state index contributed by atoms with van der Waals surface area (Å²) in [5.74, 6) is 0.280. The number of hydrogen-bond acceptors (Lipinski definition) is 8. The molecule has 9 nitrogen and oxygen atoms in total. The smallest absolute Gasteiger partial charge is 0.394 e. The van der Waals surface area contributed by atoms with E-state index >= 15 is 0 Å². The summed E-state index contributed by atoms with van der Waals surface area (Å²) in [6.45, 7) is -0.406. The van der Waals surface area contributed by atoms with Gasteiger partial charge in [-0.3, -0.25) is 4.57 Å². The second-order valence-electron chi connectivity index (χ2n) is 6.83. The first-order chi connectivity index (χ1) is 14.3. The molecule has 3 aromatic rings. The maximum atomic E-state index is 12.9. The average molecular weight is 425 g/mol. The Kier molecular flexibility index (Phi) is 5.32. The molecule has 0 aliphatic carbocycles. The first-order valence-corrected chi connectivity index (χ1v) is 8.99. The molecule has 1 aliphatic rings. The number of fused-ring (bicyclic) bond motifs is 1. The van der Waals surface area contributed by atoms with E-state index in [1.807, 2.05) is 0 Å². The van der Waals surface area contributed by atoms with Gasteiger partial charge in [-0.05, 0) is 17.7 Å². The molecule has 2 aromatic heterocycles. The van der Waals surface area contributed by atoms with E-state index in [0.29, 0.717) is 11.1 Å². The fourth-order valence-corrected chi connectivity index (χ4v) is 3.32. The summed E-state index contributed by atoms with van der Waals surface area (Å²) in [4.78, 5) is 12.4. The third kappa shape index (κ3) is 3.69. The molecule has 3 heterocycles. The van der Waals surface area contributed by atoms with Crippen molar-refractivity contribution in [2.45, 2.75) is 37.3 Å². The molecule has 0 bridgehead atoms. The highest BCUT2D eigenvalue weighted by atomic mass is 19.4. The van der Waals surface area contributed by atoms with E-state index in [1.165, 1.54) is 23.3 Å². The van der Waals surface area contributed by atoms with Crippen LogP contribution in [0.2, 0.25) is 0 Å². The summed E-state index contributed by atoms with van der Waals surface area (Å²) in [7, 11) is 0. The van der Waals surface area contributed by atoms with Gasteiger partial charge in [0.1, 0.15) is 24.6 Å². The van der Waals surface area contributed by atoms with Crippen molar-refractivity contribution < 1.29 is 33.2 Å². The molecule has 4 N–H and O–H groups in total. The van der Waals surface area contributed by atoms with Crippen LogP contribution >= 0.6 is 0 Å². The molecule has 1 fully saturated rings. The Hall–Kier alpha value is -2.80. The van der Waals surface area contributed by atoms with Crippen LogP contribution in [0.1, 0.15) is 17.4 Å². The summed E-state index contributed by atoms with van der Waals surface area (Å²) < 4.78 is 45.5. The molecule has 1 unspecified atom stereocenters. The van der Waals surface area contributed by atoms with Crippen LogP contribution in [-0.2, 0) is 17.5 Å². The molecule has 30 heavy (non-hydrogen) atoms. The van der Waals surface area contributed by atoms with Crippen LogP contribution in [0.5, 0.6) is 0 Å². The minimum absolute atomic E-state index is 0.0662. The Labute approximate surface area is 167 Å². The van der Waals surface area contributed by atoms with E-state index in [-0.39, 0.29) is 18.0 Å². The van der Waals surface area contributed by atoms with E-state index in [2.05, 4.69) is 20.3 Å². The highest BCUT2D eigenvalue weighted by Crippen LogP contribution is 2.32. The standard InChI is InChI=1S/C18H18F3N5O4/c19-18(20,21)10-3-1-2-9(4-10)5-22-15-12-16(24-7-23-15)26(8-25-12)17-14(29)13(28)11(6-27)30-17/h1-4,7-8,11,13-14,17,27-29H,5-6H2,(H,22,23,24)/t11-,13?,14+,17-/m1/s1. The molecular weight excluding hydrogens is 407 g/mol. The molecule has 1 saturated heterocycles. The Bertz CT molecular complexity index is 1040. The summed E-state index contributed by atoms with van der Waals surface area (Å²) in [5.41, 5.74) is 0.247. The number of aliphatic hydroxyl groups excluding tert-OH is 3. The fourth-order valence-electron chi connectivity index (χ4n) is 3.32. The van der Waals surface area contributed by atoms with Gasteiger partial charge in [0.15, 0.2) is 23.2 Å². The summed E-state index contributed by atoms with van der Waals surface area (Å²) in [6, 6.07) is 4.92. The SMILES string of the molecule is OC[C@H]1O[C@@H](n2cnc3c(NCc4cccc(C(F)(F)F)c4)ncnc32)[C@@H](O)C1O. The first kappa shape index (κ1) is 20.5. The lowest BCUT2D eigenvalue weighted by molar-refractivity contribution is -0.137. The van der Waals surface area contributed by atoms with E-state index in [4.69, 9.17) is 4.74 Å². The Morgan fingerprint density at radius 1 is 1.13 bits per heavy atom. The Morgan fingerprint density at radius 2 is 1.93 bits per heavy atom. The van der Waals surface area contributed by atoms with E-state index < -0.39 is 42.9 Å². The van der Waals surface area contributed by atoms with Crippen molar-refractivity contribution in [1.29, 1.82) is 0 Å². The predicted octanol–water partition coefficient (Wildman–Crippen LogP) is 1.07.